The largest absolute Gasteiger partial charge is 0.265 e. The molecule has 0 saturated carbocycles. The molecule has 18 heavy (non-hydrogen) atoms. The second kappa shape index (κ2) is 6.25. The van der Waals surface area contributed by atoms with Gasteiger partial charge in [0.1, 0.15) is 11.0 Å². The summed E-state index contributed by atoms with van der Waals surface area (Å²) in [6, 6.07) is 3.91. The van der Waals surface area contributed by atoms with Crippen LogP contribution in [-0.2, 0) is 12.8 Å². The fourth-order valence-electron chi connectivity index (χ4n) is 1.68. The Hall–Kier alpha value is -1.00. The molecule has 94 valence electrons. The molecule has 0 spiro atoms. The van der Waals surface area contributed by atoms with Crippen LogP contribution in [0.25, 0.3) is 0 Å². The number of aryl methyl sites for hydroxylation is 1. The van der Waals surface area contributed by atoms with E-state index < -0.39 is 0 Å². The van der Waals surface area contributed by atoms with Gasteiger partial charge in [-0.1, -0.05) is 24.9 Å². The summed E-state index contributed by atoms with van der Waals surface area (Å²) >= 11 is 9.54. The monoisotopic (exact) mass is 325 g/mol. The van der Waals surface area contributed by atoms with E-state index in [0.29, 0.717) is 11.6 Å². The molecule has 5 heteroatoms. The minimum absolute atomic E-state index is 0.484. The maximum Gasteiger partial charge on any atom is 0.147 e. The van der Waals surface area contributed by atoms with Crippen molar-refractivity contribution in [3.8, 4) is 0 Å². The zero-order valence-electron chi connectivity index (χ0n) is 10.0. The standard InChI is InChI=1S/C13H13BrClN3/c1-2-3-10-12(14)13(15)18-11(17-10)8-9-4-6-16-7-5-9/h4-7H,2-3,8H2,1H3. The Bertz CT molecular complexity index is 531. The Kier molecular flexibility index (Phi) is 4.66. The predicted molar refractivity (Wildman–Crippen MR) is 75.8 cm³/mol. The lowest BCUT2D eigenvalue weighted by Gasteiger charge is -2.07. The number of halogens is 2. The minimum Gasteiger partial charge on any atom is -0.265 e. The molecule has 0 aliphatic heterocycles. The van der Waals surface area contributed by atoms with E-state index in [9.17, 15) is 0 Å². The smallest absolute Gasteiger partial charge is 0.147 e. The molecule has 2 rings (SSSR count). The lowest BCUT2D eigenvalue weighted by molar-refractivity contribution is 0.833. The number of nitrogens with zero attached hydrogens (tertiary/aromatic N) is 3. The van der Waals surface area contributed by atoms with Gasteiger partial charge in [-0.15, -0.1) is 0 Å². The first-order valence-corrected chi connectivity index (χ1v) is 6.97. The normalized spacial score (nSPS) is 10.6. The van der Waals surface area contributed by atoms with E-state index >= 15 is 0 Å². The van der Waals surface area contributed by atoms with Crippen LogP contribution in [0.4, 0.5) is 0 Å². The van der Waals surface area contributed by atoms with Crippen LogP contribution in [0.2, 0.25) is 5.15 Å². The van der Waals surface area contributed by atoms with Gasteiger partial charge < -0.3 is 0 Å². The van der Waals surface area contributed by atoms with Crippen molar-refractivity contribution >= 4 is 27.5 Å². The van der Waals surface area contributed by atoms with Crippen molar-refractivity contribution in [3.05, 3.63) is 51.2 Å². The van der Waals surface area contributed by atoms with Gasteiger partial charge in [-0.2, -0.15) is 0 Å². The van der Waals surface area contributed by atoms with Crippen LogP contribution in [0, 0.1) is 0 Å². The molecular weight excluding hydrogens is 314 g/mol. The van der Waals surface area contributed by atoms with Crippen molar-refractivity contribution in [2.45, 2.75) is 26.2 Å². The maximum absolute atomic E-state index is 6.11. The lowest BCUT2D eigenvalue weighted by atomic mass is 10.2. The highest BCUT2D eigenvalue weighted by molar-refractivity contribution is 9.10. The van der Waals surface area contributed by atoms with Crippen LogP contribution in [0.5, 0.6) is 0 Å². The maximum atomic E-state index is 6.11. The summed E-state index contributed by atoms with van der Waals surface area (Å²) in [6.45, 7) is 2.12. The molecule has 0 atom stereocenters. The Morgan fingerprint density at radius 1 is 1.22 bits per heavy atom. The van der Waals surface area contributed by atoms with Gasteiger partial charge >= 0.3 is 0 Å². The van der Waals surface area contributed by atoms with E-state index in [0.717, 1.165) is 34.4 Å². The molecule has 0 amide bonds. The Balaban J connectivity index is 2.28. The minimum atomic E-state index is 0.484. The molecule has 0 aliphatic rings. The molecular formula is C13H13BrClN3. The summed E-state index contributed by atoms with van der Waals surface area (Å²) in [5, 5.41) is 0.484. The summed E-state index contributed by atoms with van der Waals surface area (Å²) < 4.78 is 0.810. The van der Waals surface area contributed by atoms with Gasteiger partial charge in [-0.25, -0.2) is 9.97 Å². The average Bonchev–Trinajstić information content (AvgIpc) is 2.37. The van der Waals surface area contributed by atoms with Crippen molar-refractivity contribution in [2.75, 3.05) is 0 Å². The van der Waals surface area contributed by atoms with Gasteiger partial charge in [0.15, 0.2) is 0 Å². The lowest BCUT2D eigenvalue weighted by Crippen LogP contribution is -2.02. The molecule has 0 saturated heterocycles. The number of hydrogen-bond acceptors (Lipinski definition) is 3. The zero-order valence-corrected chi connectivity index (χ0v) is 12.4. The molecule has 2 aromatic rings. The summed E-state index contributed by atoms with van der Waals surface area (Å²) in [5.41, 5.74) is 2.10. The quantitative estimate of drug-likeness (QED) is 0.802. The first-order chi connectivity index (χ1) is 8.70. The highest BCUT2D eigenvalue weighted by Gasteiger charge is 2.10. The third-order valence-corrected chi connectivity index (χ3v) is 3.86. The van der Waals surface area contributed by atoms with E-state index in [1.807, 2.05) is 12.1 Å². The van der Waals surface area contributed by atoms with E-state index in [1.165, 1.54) is 0 Å². The molecule has 0 unspecified atom stereocenters. The molecule has 2 heterocycles. The fraction of sp³-hybridized carbons (Fsp3) is 0.308. The molecule has 3 nitrogen and oxygen atoms in total. The first-order valence-electron chi connectivity index (χ1n) is 5.80. The Labute approximate surface area is 120 Å². The first kappa shape index (κ1) is 13.4. The zero-order chi connectivity index (χ0) is 13.0. The molecule has 0 N–H and O–H groups in total. The van der Waals surface area contributed by atoms with E-state index in [1.54, 1.807) is 12.4 Å². The van der Waals surface area contributed by atoms with Gasteiger partial charge in [-0.3, -0.25) is 4.98 Å². The number of pyridine rings is 1. The van der Waals surface area contributed by atoms with Gasteiger partial charge in [0, 0.05) is 18.8 Å². The van der Waals surface area contributed by atoms with E-state index in [-0.39, 0.29) is 0 Å². The number of aromatic nitrogens is 3. The predicted octanol–water partition coefficient (Wildman–Crippen LogP) is 3.83. The number of hydrogen-bond donors (Lipinski definition) is 0. The summed E-state index contributed by atoms with van der Waals surface area (Å²) in [4.78, 5) is 12.8. The Morgan fingerprint density at radius 3 is 2.61 bits per heavy atom. The number of rotatable bonds is 4. The van der Waals surface area contributed by atoms with Gasteiger partial charge in [0.2, 0.25) is 0 Å². The van der Waals surface area contributed by atoms with Crippen molar-refractivity contribution in [2.24, 2.45) is 0 Å². The van der Waals surface area contributed by atoms with Crippen LogP contribution >= 0.6 is 27.5 Å². The topological polar surface area (TPSA) is 38.7 Å². The molecule has 0 fully saturated rings. The molecule has 0 aliphatic carbocycles. The highest BCUT2D eigenvalue weighted by atomic mass is 79.9. The molecule has 0 aromatic carbocycles. The molecule has 0 radical (unpaired) electrons. The van der Waals surface area contributed by atoms with Gasteiger partial charge in [0.25, 0.3) is 0 Å². The van der Waals surface area contributed by atoms with Crippen molar-refractivity contribution in [1.82, 2.24) is 15.0 Å². The van der Waals surface area contributed by atoms with E-state index in [2.05, 4.69) is 37.8 Å². The van der Waals surface area contributed by atoms with Crippen LogP contribution in [0.1, 0.15) is 30.4 Å². The highest BCUT2D eigenvalue weighted by Crippen LogP contribution is 2.25. The van der Waals surface area contributed by atoms with Crippen molar-refractivity contribution in [1.29, 1.82) is 0 Å². The van der Waals surface area contributed by atoms with Crippen LogP contribution < -0.4 is 0 Å². The summed E-state index contributed by atoms with van der Waals surface area (Å²) in [6.07, 6.45) is 6.13. The van der Waals surface area contributed by atoms with E-state index in [4.69, 9.17) is 11.6 Å². The second-order valence-electron chi connectivity index (χ2n) is 3.97. The Morgan fingerprint density at radius 2 is 1.94 bits per heavy atom. The SMILES string of the molecule is CCCc1nc(Cc2ccncc2)nc(Cl)c1Br. The van der Waals surface area contributed by atoms with Crippen LogP contribution in [0.3, 0.4) is 0 Å². The molecule has 2 aromatic heterocycles. The van der Waals surface area contributed by atoms with Crippen LogP contribution in [0.15, 0.2) is 29.0 Å². The van der Waals surface area contributed by atoms with Gasteiger partial charge in [-0.05, 0) is 40.0 Å². The molecule has 0 bridgehead atoms. The summed E-state index contributed by atoms with van der Waals surface area (Å²) in [5.74, 6) is 0.748. The third-order valence-electron chi connectivity index (χ3n) is 2.52. The second-order valence-corrected chi connectivity index (χ2v) is 5.12. The third kappa shape index (κ3) is 3.27. The average molecular weight is 327 g/mol. The van der Waals surface area contributed by atoms with Crippen molar-refractivity contribution < 1.29 is 0 Å². The van der Waals surface area contributed by atoms with Crippen LogP contribution in [-0.4, -0.2) is 15.0 Å². The van der Waals surface area contributed by atoms with Gasteiger partial charge in [0.05, 0.1) is 10.2 Å². The fourth-order valence-corrected chi connectivity index (χ4v) is 2.26. The summed E-state index contributed by atoms with van der Waals surface area (Å²) in [7, 11) is 0. The van der Waals surface area contributed by atoms with Crippen molar-refractivity contribution in [3.63, 3.8) is 0 Å².